The Morgan fingerprint density at radius 1 is 1.26 bits per heavy atom. The molecule has 1 aliphatic rings. The number of fused-ring (bicyclic) bond motifs is 1. The number of aromatic nitrogens is 1. The van der Waals surface area contributed by atoms with E-state index < -0.39 is 17.2 Å². The molecule has 1 aliphatic heterocycles. The quantitative estimate of drug-likeness (QED) is 0.829. The largest absolute Gasteiger partial charge is 0.507 e. The lowest BCUT2D eigenvalue weighted by molar-refractivity contribution is -0.130. The van der Waals surface area contributed by atoms with Crippen LogP contribution in [-0.4, -0.2) is 40.0 Å². The minimum Gasteiger partial charge on any atom is -0.507 e. The van der Waals surface area contributed by atoms with Crippen LogP contribution in [0.1, 0.15) is 34.1 Å². The number of pyridine rings is 1. The number of likely N-dealkylation sites (N-methyl/N-ethyl adjacent to an activating group) is 1. The van der Waals surface area contributed by atoms with Gasteiger partial charge in [0.1, 0.15) is 11.3 Å². The summed E-state index contributed by atoms with van der Waals surface area (Å²) in [4.78, 5) is 39.0. The van der Waals surface area contributed by atoms with Crippen LogP contribution >= 0.6 is 11.6 Å². The van der Waals surface area contributed by atoms with Gasteiger partial charge in [0, 0.05) is 29.9 Å². The molecule has 142 valence electrons. The van der Waals surface area contributed by atoms with E-state index >= 15 is 0 Å². The fourth-order valence-electron chi connectivity index (χ4n) is 3.17. The second-order valence-corrected chi connectivity index (χ2v) is 6.89. The highest BCUT2D eigenvalue weighted by atomic mass is 35.5. The molecular formula is C19H20ClN3O4. The molecule has 0 atom stereocenters. The third-order valence-electron chi connectivity index (χ3n) is 4.61. The average Bonchev–Trinajstić information content (AvgIpc) is 2.62. The van der Waals surface area contributed by atoms with Gasteiger partial charge in [-0.2, -0.15) is 0 Å². The second kappa shape index (κ2) is 7.44. The molecule has 0 bridgehead atoms. The number of nitrogens with zero attached hydrogens (tertiary/aromatic N) is 2. The van der Waals surface area contributed by atoms with E-state index in [1.807, 2.05) is 0 Å². The number of carbonyl (C=O) groups excluding carboxylic acids is 2. The lowest BCUT2D eigenvalue weighted by Crippen LogP contribution is -2.41. The van der Waals surface area contributed by atoms with Gasteiger partial charge in [0.25, 0.3) is 11.5 Å². The predicted molar refractivity (Wildman–Crippen MR) is 101 cm³/mol. The smallest absolute Gasteiger partial charge is 0.267 e. The van der Waals surface area contributed by atoms with Crippen molar-refractivity contribution in [3.8, 4) is 5.75 Å². The number of halogens is 1. The average molecular weight is 390 g/mol. The van der Waals surface area contributed by atoms with Gasteiger partial charge in [-0.25, -0.2) is 0 Å². The Bertz CT molecular complexity index is 966. The molecule has 2 N–H and O–H groups in total. The van der Waals surface area contributed by atoms with E-state index in [0.717, 1.165) is 5.56 Å². The summed E-state index contributed by atoms with van der Waals surface area (Å²) < 4.78 is 1.45. The molecule has 0 saturated heterocycles. The first-order valence-electron chi connectivity index (χ1n) is 8.57. The van der Waals surface area contributed by atoms with Crippen molar-refractivity contribution in [2.75, 3.05) is 13.6 Å². The van der Waals surface area contributed by atoms with Gasteiger partial charge in [0.05, 0.1) is 19.5 Å². The summed E-state index contributed by atoms with van der Waals surface area (Å²) in [5.74, 6) is -1.25. The summed E-state index contributed by atoms with van der Waals surface area (Å²) in [6, 6.07) is 7.01. The van der Waals surface area contributed by atoms with Gasteiger partial charge < -0.3 is 19.9 Å². The maximum Gasteiger partial charge on any atom is 0.267 e. The second-order valence-electron chi connectivity index (χ2n) is 6.45. The Balaban J connectivity index is 2.20. The molecule has 7 nitrogen and oxygen atoms in total. The molecule has 8 heteroatoms. The van der Waals surface area contributed by atoms with Crippen molar-refractivity contribution >= 4 is 23.4 Å². The van der Waals surface area contributed by atoms with Crippen LogP contribution in [0.5, 0.6) is 5.75 Å². The lowest BCUT2D eigenvalue weighted by Gasteiger charge is -2.29. The van der Waals surface area contributed by atoms with Crippen LogP contribution in [0, 0.1) is 0 Å². The standard InChI is InChI=1S/C19H20ClN3O4/c1-3-21-18(26)16-17(25)13-8-15(24)22(2)10-14(13)23(19(16)27)9-11-4-6-12(20)7-5-11/h4-7,25H,3,8-10H2,1-2H3,(H,21,26). The minimum absolute atomic E-state index is 0.0645. The number of hydrogen-bond donors (Lipinski definition) is 2. The molecule has 0 radical (unpaired) electrons. The predicted octanol–water partition coefficient (Wildman–Crippen LogP) is 1.52. The Kier molecular flexibility index (Phi) is 5.23. The molecule has 2 heterocycles. The molecule has 3 rings (SSSR count). The summed E-state index contributed by atoms with van der Waals surface area (Å²) in [5, 5.41) is 13.7. The molecule has 0 saturated carbocycles. The molecule has 0 fully saturated rings. The van der Waals surface area contributed by atoms with E-state index in [1.165, 1.54) is 9.47 Å². The van der Waals surface area contributed by atoms with Crippen LogP contribution in [0.2, 0.25) is 5.02 Å². The van der Waals surface area contributed by atoms with Crippen molar-refractivity contribution in [3.63, 3.8) is 0 Å². The fourth-order valence-corrected chi connectivity index (χ4v) is 3.29. The number of hydrogen-bond acceptors (Lipinski definition) is 4. The first kappa shape index (κ1) is 19.0. The molecule has 0 aliphatic carbocycles. The number of aromatic hydroxyl groups is 1. The topological polar surface area (TPSA) is 91.6 Å². The van der Waals surface area contributed by atoms with Crippen molar-refractivity contribution in [1.82, 2.24) is 14.8 Å². The molecule has 1 aromatic carbocycles. The van der Waals surface area contributed by atoms with E-state index in [9.17, 15) is 19.5 Å². The van der Waals surface area contributed by atoms with Gasteiger partial charge in [-0.3, -0.25) is 14.4 Å². The highest BCUT2D eigenvalue weighted by molar-refractivity contribution is 6.30. The molecule has 0 spiro atoms. The maximum absolute atomic E-state index is 13.1. The van der Waals surface area contributed by atoms with Crippen LogP contribution in [-0.2, 0) is 24.3 Å². The highest BCUT2D eigenvalue weighted by Crippen LogP contribution is 2.29. The number of carbonyl (C=O) groups is 2. The normalized spacial score (nSPS) is 13.4. The summed E-state index contributed by atoms with van der Waals surface area (Å²) in [7, 11) is 1.64. The van der Waals surface area contributed by atoms with Gasteiger partial charge in [0.2, 0.25) is 5.91 Å². The van der Waals surface area contributed by atoms with Crippen molar-refractivity contribution in [1.29, 1.82) is 0 Å². The monoisotopic (exact) mass is 389 g/mol. The van der Waals surface area contributed by atoms with Gasteiger partial charge in [-0.1, -0.05) is 23.7 Å². The highest BCUT2D eigenvalue weighted by Gasteiger charge is 2.31. The lowest BCUT2D eigenvalue weighted by atomic mass is 9.99. The van der Waals surface area contributed by atoms with Crippen LogP contribution in [0.15, 0.2) is 29.1 Å². The summed E-state index contributed by atoms with van der Waals surface area (Å²) in [6.45, 7) is 2.42. The van der Waals surface area contributed by atoms with Crippen molar-refractivity contribution in [2.45, 2.75) is 26.4 Å². The minimum atomic E-state index is -0.654. The first-order chi connectivity index (χ1) is 12.8. The third-order valence-corrected chi connectivity index (χ3v) is 4.87. The van der Waals surface area contributed by atoms with Crippen molar-refractivity contribution in [3.05, 3.63) is 62.0 Å². The molecule has 2 aromatic rings. The van der Waals surface area contributed by atoms with Crippen molar-refractivity contribution < 1.29 is 14.7 Å². The van der Waals surface area contributed by atoms with Crippen LogP contribution in [0.25, 0.3) is 0 Å². The summed E-state index contributed by atoms with van der Waals surface area (Å²) in [6.07, 6.45) is -0.0645. The van der Waals surface area contributed by atoms with Crippen LogP contribution in [0.3, 0.4) is 0 Å². The van der Waals surface area contributed by atoms with Gasteiger partial charge >= 0.3 is 0 Å². The van der Waals surface area contributed by atoms with E-state index in [0.29, 0.717) is 22.8 Å². The third kappa shape index (κ3) is 3.55. The molecule has 0 unspecified atom stereocenters. The van der Waals surface area contributed by atoms with E-state index in [4.69, 9.17) is 11.6 Å². The Labute approximate surface area is 161 Å². The Morgan fingerprint density at radius 2 is 1.93 bits per heavy atom. The number of nitrogens with one attached hydrogen (secondary N) is 1. The van der Waals surface area contributed by atoms with Gasteiger partial charge in [0.15, 0.2) is 0 Å². The number of benzene rings is 1. The fraction of sp³-hybridized carbons (Fsp3) is 0.316. The zero-order valence-corrected chi connectivity index (χ0v) is 15.8. The van der Waals surface area contributed by atoms with Gasteiger partial charge in [-0.15, -0.1) is 0 Å². The number of rotatable bonds is 4. The van der Waals surface area contributed by atoms with E-state index in [-0.39, 0.29) is 31.0 Å². The van der Waals surface area contributed by atoms with Gasteiger partial charge in [-0.05, 0) is 24.6 Å². The zero-order valence-electron chi connectivity index (χ0n) is 15.1. The molecular weight excluding hydrogens is 370 g/mol. The van der Waals surface area contributed by atoms with Crippen LogP contribution in [0.4, 0.5) is 0 Å². The first-order valence-corrected chi connectivity index (χ1v) is 8.95. The molecule has 27 heavy (non-hydrogen) atoms. The van der Waals surface area contributed by atoms with E-state index in [2.05, 4.69) is 5.32 Å². The molecule has 2 amide bonds. The van der Waals surface area contributed by atoms with Crippen LogP contribution < -0.4 is 10.9 Å². The van der Waals surface area contributed by atoms with E-state index in [1.54, 1.807) is 38.2 Å². The molecule has 1 aromatic heterocycles. The summed E-state index contributed by atoms with van der Waals surface area (Å²) >= 11 is 5.92. The Morgan fingerprint density at radius 3 is 2.56 bits per heavy atom. The zero-order chi connectivity index (χ0) is 19.7. The summed E-state index contributed by atoms with van der Waals surface area (Å²) in [5.41, 5.74) is 0.753. The number of amides is 2. The van der Waals surface area contributed by atoms with Crippen molar-refractivity contribution in [2.24, 2.45) is 0 Å². The SMILES string of the molecule is CCNC(=O)c1c(O)c2c(n(Cc3ccc(Cl)cc3)c1=O)CN(C)C(=O)C2. The maximum atomic E-state index is 13.1. The Hall–Kier alpha value is -2.80.